The van der Waals surface area contributed by atoms with Crippen molar-refractivity contribution in [1.82, 2.24) is 4.90 Å². The summed E-state index contributed by atoms with van der Waals surface area (Å²) in [5.74, 6) is -0.621. The van der Waals surface area contributed by atoms with Crippen molar-refractivity contribution in [3.63, 3.8) is 0 Å². The van der Waals surface area contributed by atoms with E-state index in [2.05, 4.69) is 0 Å². The van der Waals surface area contributed by atoms with Gasteiger partial charge in [-0.25, -0.2) is 4.79 Å². The fourth-order valence-corrected chi connectivity index (χ4v) is 2.68. The Morgan fingerprint density at radius 1 is 1.33 bits per heavy atom. The molecule has 5 heteroatoms. The number of carbonyl (C=O) groups excluding carboxylic acids is 2. The van der Waals surface area contributed by atoms with E-state index in [4.69, 9.17) is 9.47 Å². The largest absolute Gasteiger partial charge is 0.469 e. The first kappa shape index (κ1) is 15.4. The summed E-state index contributed by atoms with van der Waals surface area (Å²) in [6.07, 6.45) is 1.32. The zero-order valence-electron chi connectivity index (χ0n) is 12.5. The molecule has 1 heterocycles. The maximum Gasteiger partial charge on any atom is 0.410 e. The molecule has 0 aromatic heterocycles. The van der Waals surface area contributed by atoms with Gasteiger partial charge in [0.2, 0.25) is 0 Å². The smallest absolute Gasteiger partial charge is 0.410 e. The molecule has 0 saturated carbocycles. The van der Waals surface area contributed by atoms with E-state index in [1.165, 1.54) is 7.11 Å². The van der Waals surface area contributed by atoms with E-state index in [-0.39, 0.29) is 30.6 Å². The number of likely N-dealkylation sites (tertiary alicyclic amines) is 1. The molecule has 0 aliphatic carbocycles. The number of ether oxygens (including phenoxy) is 2. The molecule has 0 bridgehead atoms. The first-order chi connectivity index (χ1) is 10.1. The molecule has 2 atom stereocenters. The number of hydrogen-bond acceptors (Lipinski definition) is 4. The zero-order valence-corrected chi connectivity index (χ0v) is 12.5. The Labute approximate surface area is 124 Å². The van der Waals surface area contributed by atoms with Crippen LogP contribution >= 0.6 is 0 Å². The van der Waals surface area contributed by atoms with Crippen LogP contribution in [0.15, 0.2) is 30.3 Å². The van der Waals surface area contributed by atoms with Crippen LogP contribution < -0.4 is 0 Å². The van der Waals surface area contributed by atoms with Crippen LogP contribution in [0.5, 0.6) is 0 Å². The quantitative estimate of drug-likeness (QED) is 0.800. The van der Waals surface area contributed by atoms with Crippen LogP contribution in [0.3, 0.4) is 0 Å². The molecule has 2 rings (SSSR count). The molecule has 1 aliphatic heterocycles. The molecule has 1 aromatic rings. The summed E-state index contributed by atoms with van der Waals surface area (Å²) in [4.78, 5) is 25.5. The number of nitrogens with zero attached hydrogens (tertiary/aromatic N) is 1. The van der Waals surface area contributed by atoms with E-state index < -0.39 is 0 Å². The number of benzene rings is 1. The SMILES string of the molecule is COC(=O)C(C)C1CCCN1C(=O)OCc1ccccc1. The van der Waals surface area contributed by atoms with Gasteiger partial charge in [-0.2, -0.15) is 0 Å². The van der Waals surface area contributed by atoms with Crippen LogP contribution in [0.2, 0.25) is 0 Å². The van der Waals surface area contributed by atoms with E-state index >= 15 is 0 Å². The number of esters is 1. The van der Waals surface area contributed by atoms with Gasteiger partial charge in [0.15, 0.2) is 0 Å². The minimum atomic E-state index is -0.364. The van der Waals surface area contributed by atoms with Crippen molar-refractivity contribution in [2.24, 2.45) is 5.92 Å². The van der Waals surface area contributed by atoms with E-state index in [0.717, 1.165) is 18.4 Å². The molecule has 2 unspecified atom stereocenters. The van der Waals surface area contributed by atoms with Gasteiger partial charge < -0.3 is 14.4 Å². The molecule has 0 radical (unpaired) electrons. The summed E-state index contributed by atoms with van der Waals surface area (Å²) >= 11 is 0. The molecule has 0 N–H and O–H groups in total. The van der Waals surface area contributed by atoms with Gasteiger partial charge in [-0.05, 0) is 25.3 Å². The van der Waals surface area contributed by atoms with Crippen LogP contribution in [0.25, 0.3) is 0 Å². The van der Waals surface area contributed by atoms with Crippen molar-refractivity contribution >= 4 is 12.1 Å². The van der Waals surface area contributed by atoms with Crippen LogP contribution in [0, 0.1) is 5.92 Å². The summed E-state index contributed by atoms with van der Waals surface area (Å²) in [5, 5.41) is 0. The zero-order chi connectivity index (χ0) is 15.2. The van der Waals surface area contributed by atoms with Gasteiger partial charge in [0.1, 0.15) is 6.61 Å². The standard InChI is InChI=1S/C16H21NO4/c1-12(15(18)20-2)14-9-6-10-17(14)16(19)21-11-13-7-4-3-5-8-13/h3-5,7-8,12,14H,6,9-11H2,1-2H3. The molecule has 1 saturated heterocycles. The minimum Gasteiger partial charge on any atom is -0.469 e. The van der Waals surface area contributed by atoms with Gasteiger partial charge in [-0.1, -0.05) is 30.3 Å². The van der Waals surface area contributed by atoms with E-state index in [1.54, 1.807) is 11.8 Å². The van der Waals surface area contributed by atoms with Gasteiger partial charge in [0.25, 0.3) is 0 Å². The minimum absolute atomic E-state index is 0.138. The summed E-state index contributed by atoms with van der Waals surface area (Å²) in [7, 11) is 1.37. The Morgan fingerprint density at radius 2 is 2.05 bits per heavy atom. The summed E-state index contributed by atoms with van der Waals surface area (Å²) in [6.45, 7) is 2.66. The summed E-state index contributed by atoms with van der Waals surface area (Å²) < 4.78 is 10.1. The van der Waals surface area contributed by atoms with Crippen molar-refractivity contribution in [3.8, 4) is 0 Å². The Morgan fingerprint density at radius 3 is 2.71 bits per heavy atom. The number of methoxy groups -OCH3 is 1. The molecule has 1 aromatic carbocycles. The number of carbonyl (C=O) groups is 2. The Hall–Kier alpha value is -2.04. The molecule has 5 nitrogen and oxygen atoms in total. The Kier molecular flexibility index (Phi) is 5.20. The van der Waals surface area contributed by atoms with Gasteiger partial charge in [-0.15, -0.1) is 0 Å². The maximum atomic E-state index is 12.2. The Bertz CT molecular complexity index is 488. The third-order valence-electron chi connectivity index (χ3n) is 3.89. The van der Waals surface area contributed by atoms with E-state index in [9.17, 15) is 9.59 Å². The second kappa shape index (κ2) is 7.11. The number of hydrogen-bond donors (Lipinski definition) is 0. The Balaban J connectivity index is 1.93. The number of rotatable bonds is 4. The van der Waals surface area contributed by atoms with Gasteiger partial charge in [0, 0.05) is 12.6 Å². The van der Waals surface area contributed by atoms with E-state index in [0.29, 0.717) is 6.54 Å². The maximum absolute atomic E-state index is 12.2. The highest BCUT2D eigenvalue weighted by Crippen LogP contribution is 2.25. The van der Waals surface area contributed by atoms with Crippen LogP contribution in [-0.4, -0.2) is 36.7 Å². The molecule has 21 heavy (non-hydrogen) atoms. The average Bonchev–Trinajstić information content (AvgIpc) is 3.01. The fraction of sp³-hybridized carbons (Fsp3) is 0.500. The molecule has 1 fully saturated rings. The molecule has 1 amide bonds. The third kappa shape index (κ3) is 3.74. The highest BCUT2D eigenvalue weighted by Gasteiger charge is 2.37. The van der Waals surface area contributed by atoms with E-state index in [1.807, 2.05) is 30.3 Å². The first-order valence-electron chi connectivity index (χ1n) is 7.18. The van der Waals surface area contributed by atoms with Crippen molar-refractivity contribution in [1.29, 1.82) is 0 Å². The molecule has 0 spiro atoms. The average molecular weight is 291 g/mol. The van der Waals surface area contributed by atoms with Gasteiger partial charge >= 0.3 is 12.1 Å². The van der Waals surface area contributed by atoms with Crippen LogP contribution in [0.1, 0.15) is 25.3 Å². The monoisotopic (exact) mass is 291 g/mol. The predicted octanol–water partition coefficient (Wildman–Crippen LogP) is 2.60. The van der Waals surface area contributed by atoms with Crippen molar-refractivity contribution < 1.29 is 19.1 Å². The lowest BCUT2D eigenvalue weighted by Gasteiger charge is -2.27. The fourth-order valence-electron chi connectivity index (χ4n) is 2.68. The van der Waals surface area contributed by atoms with Crippen molar-refractivity contribution in [2.45, 2.75) is 32.4 Å². The topological polar surface area (TPSA) is 55.8 Å². The molecule has 114 valence electrons. The summed E-state index contributed by atoms with van der Waals surface area (Å²) in [5.41, 5.74) is 0.947. The third-order valence-corrected chi connectivity index (χ3v) is 3.89. The summed E-state index contributed by atoms with van der Waals surface area (Å²) in [6, 6.07) is 9.40. The highest BCUT2D eigenvalue weighted by molar-refractivity contribution is 5.75. The lowest BCUT2D eigenvalue weighted by Crippen LogP contribution is -2.42. The second-order valence-electron chi connectivity index (χ2n) is 5.25. The molecular weight excluding hydrogens is 270 g/mol. The predicted molar refractivity (Wildman–Crippen MR) is 77.5 cm³/mol. The normalized spacial score (nSPS) is 19.1. The first-order valence-corrected chi connectivity index (χ1v) is 7.18. The molecule has 1 aliphatic rings. The van der Waals surface area contributed by atoms with Crippen molar-refractivity contribution in [2.75, 3.05) is 13.7 Å². The second-order valence-corrected chi connectivity index (χ2v) is 5.25. The van der Waals surface area contributed by atoms with Crippen LogP contribution in [-0.2, 0) is 20.9 Å². The van der Waals surface area contributed by atoms with Crippen LogP contribution in [0.4, 0.5) is 4.79 Å². The highest BCUT2D eigenvalue weighted by atomic mass is 16.6. The van der Waals surface area contributed by atoms with Gasteiger partial charge in [0.05, 0.1) is 13.0 Å². The van der Waals surface area contributed by atoms with Gasteiger partial charge in [-0.3, -0.25) is 4.79 Å². The lowest BCUT2D eigenvalue weighted by atomic mass is 10.00. The molecular formula is C16H21NO4. The van der Waals surface area contributed by atoms with Crippen molar-refractivity contribution in [3.05, 3.63) is 35.9 Å². The number of amides is 1. The lowest BCUT2D eigenvalue weighted by molar-refractivity contribution is -0.146.